The van der Waals surface area contributed by atoms with E-state index in [1.807, 2.05) is 0 Å². The molecule has 0 aliphatic rings. The smallest absolute Gasteiger partial charge is 0.354 e. The number of nitrogens with zero attached hydrogens (tertiary/aromatic N) is 1. The molecule has 1 atom stereocenters. The summed E-state index contributed by atoms with van der Waals surface area (Å²) in [6, 6.07) is 0.613. The summed E-state index contributed by atoms with van der Waals surface area (Å²) in [5.41, 5.74) is 6.45. The van der Waals surface area contributed by atoms with Gasteiger partial charge in [-0.2, -0.15) is 0 Å². The number of hydrogen-bond acceptors (Lipinski definition) is 4. The van der Waals surface area contributed by atoms with Gasteiger partial charge in [0.05, 0.1) is 7.11 Å². The highest BCUT2D eigenvalue weighted by molar-refractivity contribution is 5.88. The Labute approximate surface area is 92.6 Å². The summed E-state index contributed by atoms with van der Waals surface area (Å²) < 4.78 is 6.15. The van der Waals surface area contributed by atoms with Gasteiger partial charge >= 0.3 is 11.9 Å². The molecule has 0 spiro atoms. The lowest BCUT2D eigenvalue weighted by molar-refractivity contribution is -0.138. The van der Waals surface area contributed by atoms with Crippen molar-refractivity contribution >= 4 is 11.9 Å². The van der Waals surface area contributed by atoms with Gasteiger partial charge in [-0.05, 0) is 18.1 Å². The van der Waals surface area contributed by atoms with E-state index in [1.165, 1.54) is 7.11 Å². The van der Waals surface area contributed by atoms with E-state index in [9.17, 15) is 9.59 Å². The molecule has 16 heavy (non-hydrogen) atoms. The van der Waals surface area contributed by atoms with Crippen LogP contribution in [0.15, 0.2) is 12.3 Å². The van der Waals surface area contributed by atoms with Gasteiger partial charge in [0.2, 0.25) is 0 Å². The van der Waals surface area contributed by atoms with E-state index < -0.39 is 18.0 Å². The Kier molecular flexibility index (Phi) is 3.68. The minimum atomic E-state index is -1.07. The minimum absolute atomic E-state index is 0.181. The average Bonchev–Trinajstić information content (AvgIpc) is 2.58. The fraction of sp³-hybridized carbons (Fsp3) is 0.400. The first-order valence-corrected chi connectivity index (χ1v) is 4.67. The first-order valence-electron chi connectivity index (χ1n) is 4.67. The lowest BCUT2D eigenvalue weighted by Gasteiger charge is -2.02. The lowest BCUT2D eigenvalue weighted by atomic mass is 10.1. The van der Waals surface area contributed by atoms with Crippen molar-refractivity contribution in [3.8, 4) is 0 Å². The molecule has 3 N–H and O–H groups in total. The van der Waals surface area contributed by atoms with Crippen molar-refractivity contribution in [2.45, 2.75) is 12.5 Å². The second-order valence-electron chi connectivity index (χ2n) is 3.48. The molecule has 6 heteroatoms. The summed E-state index contributed by atoms with van der Waals surface area (Å²) >= 11 is 0. The summed E-state index contributed by atoms with van der Waals surface area (Å²) in [5, 5.41) is 8.65. The number of hydrogen-bond donors (Lipinski definition) is 2. The van der Waals surface area contributed by atoms with E-state index in [4.69, 9.17) is 10.8 Å². The number of aromatic nitrogens is 1. The number of aryl methyl sites for hydroxylation is 1. The number of carbonyl (C=O) groups excluding carboxylic acids is 1. The number of esters is 1. The number of aliphatic carboxylic acids is 1. The predicted molar refractivity (Wildman–Crippen MR) is 56.1 cm³/mol. The molecule has 0 radical (unpaired) electrons. The SMILES string of the molecule is COC(=O)c1cc(CC(N)C(=O)O)cn1C. The third-order valence-electron chi connectivity index (χ3n) is 2.23. The molecule has 1 aromatic rings. The molecule has 0 fully saturated rings. The van der Waals surface area contributed by atoms with Crippen molar-refractivity contribution in [2.75, 3.05) is 7.11 Å². The summed E-state index contributed by atoms with van der Waals surface area (Å²) in [6.45, 7) is 0. The largest absolute Gasteiger partial charge is 0.480 e. The number of nitrogens with two attached hydrogens (primary N) is 1. The van der Waals surface area contributed by atoms with Crippen molar-refractivity contribution in [3.63, 3.8) is 0 Å². The fourth-order valence-corrected chi connectivity index (χ4v) is 1.39. The zero-order valence-electron chi connectivity index (χ0n) is 9.14. The lowest BCUT2D eigenvalue weighted by Crippen LogP contribution is -2.32. The van der Waals surface area contributed by atoms with Crippen LogP contribution in [0.25, 0.3) is 0 Å². The van der Waals surface area contributed by atoms with Crippen LogP contribution in [-0.2, 0) is 23.0 Å². The van der Waals surface area contributed by atoms with E-state index >= 15 is 0 Å². The standard InChI is InChI=1S/C10H14N2O4/c1-12-5-6(3-7(11)9(13)14)4-8(12)10(15)16-2/h4-5,7H,3,11H2,1-2H3,(H,13,14). The van der Waals surface area contributed by atoms with Gasteiger partial charge in [-0.1, -0.05) is 0 Å². The van der Waals surface area contributed by atoms with Crippen molar-refractivity contribution in [1.82, 2.24) is 4.57 Å². The van der Waals surface area contributed by atoms with Crippen molar-refractivity contribution in [1.29, 1.82) is 0 Å². The summed E-state index contributed by atoms with van der Waals surface area (Å²) in [7, 11) is 2.97. The highest BCUT2D eigenvalue weighted by Crippen LogP contribution is 2.10. The van der Waals surface area contributed by atoms with Crippen molar-refractivity contribution < 1.29 is 19.4 Å². The van der Waals surface area contributed by atoms with Crippen LogP contribution in [0.2, 0.25) is 0 Å². The van der Waals surface area contributed by atoms with Gasteiger partial charge in [-0.3, -0.25) is 4.79 Å². The van der Waals surface area contributed by atoms with E-state index in [0.717, 1.165) is 0 Å². The van der Waals surface area contributed by atoms with Crippen LogP contribution in [0.3, 0.4) is 0 Å². The van der Waals surface area contributed by atoms with Crippen LogP contribution in [0.1, 0.15) is 16.1 Å². The highest BCUT2D eigenvalue weighted by Gasteiger charge is 2.16. The maximum Gasteiger partial charge on any atom is 0.354 e. The Balaban J connectivity index is 2.85. The van der Waals surface area contributed by atoms with Crippen molar-refractivity contribution in [3.05, 3.63) is 23.5 Å². The minimum Gasteiger partial charge on any atom is -0.480 e. The molecule has 88 valence electrons. The number of methoxy groups -OCH3 is 1. The Hall–Kier alpha value is -1.82. The third kappa shape index (κ3) is 2.60. The van der Waals surface area contributed by atoms with Crippen LogP contribution in [0, 0.1) is 0 Å². The van der Waals surface area contributed by atoms with Gasteiger partial charge in [-0.15, -0.1) is 0 Å². The quantitative estimate of drug-likeness (QED) is 0.691. The second-order valence-corrected chi connectivity index (χ2v) is 3.48. The molecule has 0 amide bonds. The van der Waals surface area contributed by atoms with E-state index in [-0.39, 0.29) is 6.42 Å². The molecule has 0 saturated heterocycles. The van der Waals surface area contributed by atoms with E-state index in [1.54, 1.807) is 23.9 Å². The number of carboxylic acid groups (broad SMARTS) is 1. The second kappa shape index (κ2) is 4.80. The molecule has 0 aromatic carbocycles. The monoisotopic (exact) mass is 226 g/mol. The normalized spacial score (nSPS) is 12.2. The average molecular weight is 226 g/mol. The van der Waals surface area contributed by atoms with Gasteiger partial charge in [0.15, 0.2) is 0 Å². The number of carbonyl (C=O) groups is 2. The Bertz CT molecular complexity index is 411. The maximum atomic E-state index is 11.3. The Morgan fingerprint density at radius 1 is 1.62 bits per heavy atom. The third-order valence-corrected chi connectivity index (χ3v) is 2.23. The molecule has 0 bridgehead atoms. The van der Waals surface area contributed by atoms with Gasteiger partial charge < -0.3 is 20.1 Å². The van der Waals surface area contributed by atoms with Crippen LogP contribution >= 0.6 is 0 Å². The predicted octanol–water partition coefficient (Wildman–Crippen LogP) is -0.234. The number of carboxylic acids is 1. The van der Waals surface area contributed by atoms with E-state index in [0.29, 0.717) is 11.3 Å². The van der Waals surface area contributed by atoms with Crippen molar-refractivity contribution in [2.24, 2.45) is 12.8 Å². The molecular formula is C10H14N2O4. The Morgan fingerprint density at radius 2 is 2.25 bits per heavy atom. The first-order chi connectivity index (χ1) is 7.45. The summed E-state index contributed by atoms with van der Waals surface area (Å²) in [5.74, 6) is -1.53. The van der Waals surface area contributed by atoms with E-state index in [2.05, 4.69) is 4.74 Å². The van der Waals surface area contributed by atoms with Gasteiger partial charge in [0.1, 0.15) is 11.7 Å². The summed E-state index contributed by atoms with van der Waals surface area (Å²) in [6.07, 6.45) is 1.84. The van der Waals surface area contributed by atoms with Gasteiger partial charge in [-0.25, -0.2) is 4.79 Å². The van der Waals surface area contributed by atoms with Crippen LogP contribution in [0.5, 0.6) is 0 Å². The fourth-order valence-electron chi connectivity index (χ4n) is 1.39. The highest BCUT2D eigenvalue weighted by atomic mass is 16.5. The number of rotatable bonds is 4. The zero-order chi connectivity index (χ0) is 12.3. The van der Waals surface area contributed by atoms with Crippen LogP contribution in [0.4, 0.5) is 0 Å². The number of ether oxygens (including phenoxy) is 1. The maximum absolute atomic E-state index is 11.3. The topological polar surface area (TPSA) is 94.6 Å². The molecule has 1 unspecified atom stereocenters. The molecule has 6 nitrogen and oxygen atoms in total. The molecule has 1 heterocycles. The van der Waals surface area contributed by atoms with Gasteiger partial charge in [0.25, 0.3) is 0 Å². The molecule has 0 aliphatic heterocycles. The van der Waals surface area contributed by atoms with Crippen LogP contribution < -0.4 is 5.73 Å². The molecule has 1 aromatic heterocycles. The summed E-state index contributed by atoms with van der Waals surface area (Å²) in [4.78, 5) is 21.8. The first kappa shape index (κ1) is 12.3. The van der Waals surface area contributed by atoms with Crippen LogP contribution in [-0.4, -0.2) is 34.8 Å². The molecule has 0 saturated carbocycles. The molecule has 1 rings (SSSR count). The molecule has 0 aliphatic carbocycles. The van der Waals surface area contributed by atoms with Gasteiger partial charge in [0, 0.05) is 13.2 Å². The zero-order valence-corrected chi connectivity index (χ0v) is 9.14. The Morgan fingerprint density at radius 3 is 2.75 bits per heavy atom. The molecular weight excluding hydrogens is 212 g/mol.